The SMILES string of the molecule is CCCCC#C[C@@H](O[C@H](C)C[C@@H](C)O)C1CCCCC1. The molecule has 1 aliphatic rings. The van der Waals surface area contributed by atoms with E-state index in [1.807, 2.05) is 6.92 Å². The third kappa shape index (κ3) is 7.31. The molecule has 1 saturated carbocycles. The molecule has 0 aliphatic heterocycles. The Kier molecular flexibility index (Phi) is 8.98. The summed E-state index contributed by atoms with van der Waals surface area (Å²) < 4.78 is 6.15. The summed E-state index contributed by atoms with van der Waals surface area (Å²) in [7, 11) is 0. The summed E-state index contributed by atoms with van der Waals surface area (Å²) in [5.74, 6) is 7.27. The van der Waals surface area contributed by atoms with E-state index in [9.17, 15) is 5.11 Å². The van der Waals surface area contributed by atoms with Crippen LogP contribution in [0, 0.1) is 17.8 Å². The van der Waals surface area contributed by atoms with Gasteiger partial charge in [-0.3, -0.25) is 0 Å². The fraction of sp³-hybridized carbons (Fsp3) is 0.889. The van der Waals surface area contributed by atoms with Gasteiger partial charge in [0, 0.05) is 6.42 Å². The molecule has 1 aliphatic carbocycles. The van der Waals surface area contributed by atoms with Crippen molar-refractivity contribution in [2.24, 2.45) is 5.92 Å². The summed E-state index contributed by atoms with van der Waals surface area (Å²) in [6.07, 6.45) is 10.4. The monoisotopic (exact) mass is 280 g/mol. The lowest BCUT2D eigenvalue weighted by Gasteiger charge is -2.29. The summed E-state index contributed by atoms with van der Waals surface area (Å²) in [5, 5.41) is 9.48. The van der Waals surface area contributed by atoms with E-state index in [1.54, 1.807) is 0 Å². The van der Waals surface area contributed by atoms with Gasteiger partial charge in [-0.15, -0.1) is 5.92 Å². The van der Waals surface area contributed by atoms with Crippen LogP contribution >= 0.6 is 0 Å². The predicted molar refractivity (Wildman–Crippen MR) is 84.5 cm³/mol. The van der Waals surface area contributed by atoms with Gasteiger partial charge in [0.15, 0.2) is 0 Å². The Labute approximate surface area is 125 Å². The molecule has 0 bridgehead atoms. The van der Waals surface area contributed by atoms with E-state index >= 15 is 0 Å². The standard InChI is InChI=1S/C18H32O2/c1-4-5-6-10-13-18(17-11-8-7-9-12-17)20-16(3)14-15(2)19/h15-19H,4-9,11-12,14H2,1-3H3/t15-,16-,18-/m1/s1. The van der Waals surface area contributed by atoms with Gasteiger partial charge in [-0.2, -0.15) is 0 Å². The first-order valence-corrected chi connectivity index (χ1v) is 8.45. The van der Waals surface area contributed by atoms with Crippen LogP contribution in [0.25, 0.3) is 0 Å². The lowest BCUT2D eigenvalue weighted by molar-refractivity contribution is -0.0295. The highest BCUT2D eigenvalue weighted by atomic mass is 16.5. The Morgan fingerprint density at radius 1 is 1.20 bits per heavy atom. The smallest absolute Gasteiger partial charge is 0.121 e. The van der Waals surface area contributed by atoms with Crippen LogP contribution in [0.15, 0.2) is 0 Å². The zero-order chi connectivity index (χ0) is 14.8. The van der Waals surface area contributed by atoms with Gasteiger partial charge in [0.05, 0.1) is 12.2 Å². The summed E-state index contributed by atoms with van der Waals surface area (Å²) in [6.45, 7) is 6.07. The first kappa shape index (κ1) is 17.5. The molecule has 2 nitrogen and oxygen atoms in total. The molecule has 1 fully saturated rings. The Bertz CT molecular complexity index is 294. The molecule has 0 radical (unpaired) electrons. The van der Waals surface area contributed by atoms with E-state index < -0.39 is 0 Å². The molecule has 116 valence electrons. The second-order valence-corrected chi connectivity index (χ2v) is 6.27. The van der Waals surface area contributed by atoms with Crippen molar-refractivity contribution < 1.29 is 9.84 Å². The van der Waals surface area contributed by atoms with Crippen LogP contribution in [0.1, 0.15) is 78.6 Å². The van der Waals surface area contributed by atoms with Crippen molar-refractivity contribution in [1.82, 2.24) is 0 Å². The number of aliphatic hydroxyl groups excluding tert-OH is 1. The van der Waals surface area contributed by atoms with Crippen molar-refractivity contribution in [2.45, 2.75) is 96.9 Å². The van der Waals surface area contributed by atoms with Crippen LogP contribution in [0.3, 0.4) is 0 Å². The topological polar surface area (TPSA) is 29.5 Å². The molecule has 0 amide bonds. The first-order valence-electron chi connectivity index (χ1n) is 8.45. The normalized spacial score (nSPS) is 20.8. The molecule has 20 heavy (non-hydrogen) atoms. The Balaban J connectivity index is 2.54. The summed E-state index contributed by atoms with van der Waals surface area (Å²) in [5.41, 5.74) is 0. The second-order valence-electron chi connectivity index (χ2n) is 6.27. The Morgan fingerprint density at radius 3 is 2.50 bits per heavy atom. The van der Waals surface area contributed by atoms with E-state index in [1.165, 1.54) is 44.9 Å². The number of rotatable bonds is 7. The lowest BCUT2D eigenvalue weighted by atomic mass is 9.85. The fourth-order valence-corrected chi connectivity index (χ4v) is 2.92. The molecule has 1 rings (SSSR count). The van der Waals surface area contributed by atoms with Gasteiger partial charge in [0.1, 0.15) is 6.10 Å². The van der Waals surface area contributed by atoms with Crippen molar-refractivity contribution in [2.75, 3.05) is 0 Å². The van der Waals surface area contributed by atoms with Crippen LogP contribution < -0.4 is 0 Å². The molecular weight excluding hydrogens is 248 g/mol. The maximum atomic E-state index is 9.48. The van der Waals surface area contributed by atoms with E-state index in [0.717, 1.165) is 6.42 Å². The zero-order valence-electron chi connectivity index (χ0n) is 13.5. The molecule has 0 heterocycles. The summed E-state index contributed by atoms with van der Waals surface area (Å²) >= 11 is 0. The average molecular weight is 280 g/mol. The van der Waals surface area contributed by atoms with Crippen molar-refractivity contribution >= 4 is 0 Å². The zero-order valence-corrected chi connectivity index (χ0v) is 13.5. The molecule has 0 aromatic carbocycles. The molecule has 0 unspecified atom stereocenters. The largest absolute Gasteiger partial charge is 0.393 e. The first-order chi connectivity index (χ1) is 9.63. The minimum Gasteiger partial charge on any atom is -0.393 e. The van der Waals surface area contributed by atoms with Crippen molar-refractivity contribution in [3.05, 3.63) is 0 Å². The van der Waals surface area contributed by atoms with Gasteiger partial charge >= 0.3 is 0 Å². The molecule has 0 aromatic rings. The van der Waals surface area contributed by atoms with Gasteiger partial charge in [-0.25, -0.2) is 0 Å². The number of hydrogen-bond acceptors (Lipinski definition) is 2. The number of aliphatic hydroxyl groups is 1. The molecule has 2 heteroatoms. The van der Waals surface area contributed by atoms with Gasteiger partial charge in [0.25, 0.3) is 0 Å². The third-order valence-corrected chi connectivity index (χ3v) is 4.03. The van der Waals surface area contributed by atoms with E-state index in [2.05, 4.69) is 25.7 Å². The molecule has 0 aromatic heterocycles. The molecule has 0 saturated heterocycles. The summed E-state index contributed by atoms with van der Waals surface area (Å²) in [6, 6.07) is 0. The van der Waals surface area contributed by atoms with Crippen LogP contribution in [0.4, 0.5) is 0 Å². The molecule has 3 atom stereocenters. The van der Waals surface area contributed by atoms with Crippen molar-refractivity contribution in [3.63, 3.8) is 0 Å². The quantitative estimate of drug-likeness (QED) is 0.556. The van der Waals surface area contributed by atoms with Crippen LogP contribution in [0.2, 0.25) is 0 Å². The van der Waals surface area contributed by atoms with Crippen molar-refractivity contribution in [3.8, 4) is 11.8 Å². The summed E-state index contributed by atoms with van der Waals surface area (Å²) in [4.78, 5) is 0. The van der Waals surface area contributed by atoms with Crippen molar-refractivity contribution in [1.29, 1.82) is 0 Å². The van der Waals surface area contributed by atoms with Gasteiger partial charge in [-0.1, -0.05) is 38.5 Å². The molecule has 0 spiro atoms. The number of hydrogen-bond donors (Lipinski definition) is 1. The lowest BCUT2D eigenvalue weighted by Crippen LogP contribution is -2.29. The number of ether oxygens (including phenoxy) is 1. The highest BCUT2D eigenvalue weighted by Crippen LogP contribution is 2.28. The van der Waals surface area contributed by atoms with E-state index in [4.69, 9.17) is 4.74 Å². The van der Waals surface area contributed by atoms with Crippen LogP contribution in [0.5, 0.6) is 0 Å². The molecule has 1 N–H and O–H groups in total. The van der Waals surface area contributed by atoms with Gasteiger partial charge in [0.2, 0.25) is 0 Å². The second kappa shape index (κ2) is 10.2. The highest BCUT2D eigenvalue weighted by Gasteiger charge is 2.24. The highest BCUT2D eigenvalue weighted by molar-refractivity contribution is 5.07. The van der Waals surface area contributed by atoms with Crippen LogP contribution in [-0.2, 0) is 4.74 Å². The average Bonchev–Trinajstić information content (AvgIpc) is 2.42. The fourth-order valence-electron chi connectivity index (χ4n) is 2.92. The van der Waals surface area contributed by atoms with Gasteiger partial charge in [-0.05, 0) is 45.4 Å². The Morgan fingerprint density at radius 2 is 1.90 bits per heavy atom. The number of unbranched alkanes of at least 4 members (excludes halogenated alkanes) is 2. The maximum Gasteiger partial charge on any atom is 0.121 e. The van der Waals surface area contributed by atoms with Crippen LogP contribution in [-0.4, -0.2) is 23.4 Å². The van der Waals surface area contributed by atoms with E-state index in [0.29, 0.717) is 12.3 Å². The molecular formula is C18H32O2. The van der Waals surface area contributed by atoms with Gasteiger partial charge < -0.3 is 9.84 Å². The minimum atomic E-state index is -0.301. The Hall–Kier alpha value is -0.520. The predicted octanol–water partition coefficient (Wildman–Crippen LogP) is 4.30. The third-order valence-electron chi connectivity index (χ3n) is 4.03. The van der Waals surface area contributed by atoms with E-state index in [-0.39, 0.29) is 18.3 Å². The minimum absolute atomic E-state index is 0.0703. The maximum absolute atomic E-state index is 9.48.